The average Bonchev–Trinajstić information content (AvgIpc) is 2.93. The maximum Gasteiger partial charge on any atom is 0.471 e. The number of ether oxygens (including phenoxy) is 1. The van der Waals surface area contributed by atoms with Crippen molar-refractivity contribution >= 4 is 21.7 Å². The van der Waals surface area contributed by atoms with E-state index in [1.54, 1.807) is 31.2 Å². The van der Waals surface area contributed by atoms with Crippen LogP contribution in [-0.4, -0.2) is 26.8 Å². The predicted octanol–water partition coefficient (Wildman–Crippen LogP) is 7.62. The van der Waals surface area contributed by atoms with Crippen LogP contribution in [0.5, 0.6) is 11.5 Å². The zero-order chi connectivity index (χ0) is 30.7. The van der Waals surface area contributed by atoms with E-state index in [2.05, 4.69) is 0 Å². The van der Waals surface area contributed by atoms with Crippen molar-refractivity contribution in [3.63, 3.8) is 0 Å². The Morgan fingerprint density at radius 1 is 0.833 bits per heavy atom. The molecule has 0 aromatic heterocycles. The Morgan fingerprint density at radius 3 is 2.00 bits per heavy atom. The molecule has 4 rings (SSSR count). The molecule has 0 radical (unpaired) electrons. The Kier molecular flexibility index (Phi) is 8.96. The van der Waals surface area contributed by atoms with Gasteiger partial charge in [-0.25, -0.2) is 0 Å². The van der Waals surface area contributed by atoms with Crippen LogP contribution in [0.1, 0.15) is 29.2 Å². The molecular formula is C32H30F3NO5S. The van der Waals surface area contributed by atoms with Crippen molar-refractivity contribution in [1.29, 1.82) is 0 Å². The first kappa shape index (κ1) is 30.6. The quantitative estimate of drug-likeness (QED) is 0.201. The van der Waals surface area contributed by atoms with E-state index in [1.807, 2.05) is 67.7 Å². The second kappa shape index (κ2) is 12.3. The SMILES string of the molecule is CCc1cc(-c2cc(C)c(-c3ccc(OCc4ccccc4)c(OS(C)(=O)=O)c3)cc2C)ccc1NC(=O)C(F)(F)F. The molecular weight excluding hydrogens is 567 g/mol. The lowest BCUT2D eigenvalue weighted by Gasteiger charge is -2.17. The zero-order valence-corrected chi connectivity index (χ0v) is 24.3. The lowest BCUT2D eigenvalue weighted by Crippen LogP contribution is -2.30. The van der Waals surface area contributed by atoms with E-state index in [4.69, 9.17) is 8.92 Å². The topological polar surface area (TPSA) is 81.7 Å². The van der Waals surface area contributed by atoms with Crippen LogP contribution in [0.25, 0.3) is 22.3 Å². The molecule has 0 aliphatic carbocycles. The summed E-state index contributed by atoms with van der Waals surface area (Å²) >= 11 is 0. The van der Waals surface area contributed by atoms with Gasteiger partial charge < -0.3 is 14.2 Å². The van der Waals surface area contributed by atoms with Gasteiger partial charge in [0.15, 0.2) is 11.5 Å². The summed E-state index contributed by atoms with van der Waals surface area (Å²) in [6, 6.07) is 23.4. The van der Waals surface area contributed by atoms with E-state index in [9.17, 15) is 26.4 Å². The molecule has 1 N–H and O–H groups in total. The number of carbonyl (C=O) groups is 1. The molecule has 0 atom stereocenters. The van der Waals surface area contributed by atoms with Crippen molar-refractivity contribution in [3.05, 3.63) is 101 Å². The number of anilines is 1. The summed E-state index contributed by atoms with van der Waals surface area (Å²) in [5.74, 6) is -1.67. The van der Waals surface area contributed by atoms with Gasteiger partial charge in [-0.2, -0.15) is 21.6 Å². The van der Waals surface area contributed by atoms with E-state index >= 15 is 0 Å². The number of amides is 1. The second-order valence-corrected chi connectivity index (χ2v) is 11.5. The highest BCUT2D eigenvalue weighted by atomic mass is 32.2. The minimum Gasteiger partial charge on any atom is -0.485 e. The molecule has 4 aromatic carbocycles. The van der Waals surface area contributed by atoms with Gasteiger partial charge in [0.2, 0.25) is 0 Å². The van der Waals surface area contributed by atoms with Gasteiger partial charge in [-0.1, -0.05) is 61.5 Å². The first-order chi connectivity index (χ1) is 19.7. The number of hydrogen-bond donors (Lipinski definition) is 1. The lowest BCUT2D eigenvalue weighted by molar-refractivity contribution is -0.167. The van der Waals surface area contributed by atoms with E-state index in [0.29, 0.717) is 17.5 Å². The fourth-order valence-electron chi connectivity index (χ4n) is 4.57. The summed E-state index contributed by atoms with van der Waals surface area (Å²) in [4.78, 5) is 11.5. The molecule has 42 heavy (non-hydrogen) atoms. The molecule has 10 heteroatoms. The van der Waals surface area contributed by atoms with Crippen LogP contribution in [0.15, 0.2) is 78.9 Å². The minimum atomic E-state index is -4.98. The minimum absolute atomic E-state index is 0.0659. The van der Waals surface area contributed by atoms with Crippen LogP contribution in [0.3, 0.4) is 0 Å². The van der Waals surface area contributed by atoms with Gasteiger partial charge in [0.05, 0.1) is 6.26 Å². The summed E-state index contributed by atoms with van der Waals surface area (Å²) in [7, 11) is -3.84. The van der Waals surface area contributed by atoms with Crippen molar-refractivity contribution in [2.45, 2.75) is 40.0 Å². The van der Waals surface area contributed by atoms with Crippen LogP contribution in [0.2, 0.25) is 0 Å². The van der Waals surface area contributed by atoms with Crippen molar-refractivity contribution in [3.8, 4) is 33.8 Å². The number of nitrogens with one attached hydrogen (secondary N) is 1. The van der Waals surface area contributed by atoms with Crippen molar-refractivity contribution in [1.82, 2.24) is 0 Å². The number of carbonyl (C=O) groups excluding carboxylic acids is 1. The number of rotatable bonds is 9. The lowest BCUT2D eigenvalue weighted by atomic mass is 9.91. The van der Waals surface area contributed by atoms with Gasteiger partial charge in [0.25, 0.3) is 0 Å². The highest BCUT2D eigenvalue weighted by molar-refractivity contribution is 7.86. The maximum absolute atomic E-state index is 12.8. The molecule has 0 saturated heterocycles. The van der Waals surface area contributed by atoms with Gasteiger partial charge in [-0.15, -0.1) is 0 Å². The molecule has 0 fully saturated rings. The van der Waals surface area contributed by atoms with Gasteiger partial charge in [-0.3, -0.25) is 4.79 Å². The van der Waals surface area contributed by atoms with Gasteiger partial charge in [-0.05, 0) is 89.0 Å². The van der Waals surface area contributed by atoms with E-state index in [-0.39, 0.29) is 23.8 Å². The van der Waals surface area contributed by atoms with Crippen molar-refractivity contribution in [2.75, 3.05) is 11.6 Å². The molecule has 0 spiro atoms. The van der Waals surface area contributed by atoms with Gasteiger partial charge in [0.1, 0.15) is 6.61 Å². The Labute approximate surface area is 243 Å². The summed E-state index contributed by atoms with van der Waals surface area (Å²) in [5.41, 5.74) is 6.58. The van der Waals surface area contributed by atoms with Crippen LogP contribution < -0.4 is 14.2 Å². The smallest absolute Gasteiger partial charge is 0.471 e. The molecule has 0 heterocycles. The Bertz CT molecular complexity index is 1720. The standard InChI is InChI=1S/C32H30F3NO5S/c1-5-23-17-24(11-13-28(23)36-31(37)32(33,34)35)26-15-21(3)27(16-20(26)2)25-12-14-29(30(18-25)41-42(4,38)39)40-19-22-9-7-6-8-10-22/h6-18H,5,19H2,1-4H3,(H,36,37). The number of alkyl halides is 3. The Hall–Kier alpha value is -4.31. The summed E-state index contributed by atoms with van der Waals surface area (Å²) in [5, 5.41) is 1.95. The maximum atomic E-state index is 12.8. The Balaban J connectivity index is 1.67. The monoisotopic (exact) mass is 597 g/mol. The third kappa shape index (κ3) is 7.50. The Morgan fingerprint density at radius 2 is 1.43 bits per heavy atom. The number of halogens is 3. The molecule has 6 nitrogen and oxygen atoms in total. The summed E-state index contributed by atoms with van der Waals surface area (Å²) < 4.78 is 73.5. The molecule has 0 aliphatic rings. The van der Waals surface area contributed by atoms with Gasteiger partial charge >= 0.3 is 22.2 Å². The fraction of sp³-hybridized carbons (Fsp3) is 0.219. The summed E-state index contributed by atoms with van der Waals surface area (Å²) in [6.45, 7) is 5.85. The van der Waals surface area contributed by atoms with Crippen LogP contribution in [0.4, 0.5) is 18.9 Å². The van der Waals surface area contributed by atoms with Crippen LogP contribution in [0, 0.1) is 13.8 Å². The fourth-order valence-corrected chi connectivity index (χ4v) is 5.02. The molecule has 0 saturated carbocycles. The summed E-state index contributed by atoms with van der Waals surface area (Å²) in [6.07, 6.45) is -3.60. The normalized spacial score (nSPS) is 11.7. The van der Waals surface area contributed by atoms with E-state index < -0.39 is 22.2 Å². The highest BCUT2D eigenvalue weighted by Crippen LogP contribution is 2.38. The van der Waals surface area contributed by atoms with Gasteiger partial charge in [0, 0.05) is 5.69 Å². The number of benzene rings is 4. The average molecular weight is 598 g/mol. The number of aryl methyl sites for hydroxylation is 3. The number of hydrogen-bond acceptors (Lipinski definition) is 5. The van der Waals surface area contributed by atoms with E-state index in [1.165, 1.54) is 6.07 Å². The first-order valence-corrected chi connectivity index (χ1v) is 14.9. The van der Waals surface area contributed by atoms with Crippen molar-refractivity contribution in [2.24, 2.45) is 0 Å². The highest BCUT2D eigenvalue weighted by Gasteiger charge is 2.38. The second-order valence-electron chi connectivity index (χ2n) is 9.88. The van der Waals surface area contributed by atoms with Crippen LogP contribution >= 0.6 is 0 Å². The predicted molar refractivity (Wildman–Crippen MR) is 157 cm³/mol. The zero-order valence-electron chi connectivity index (χ0n) is 23.5. The molecule has 0 aliphatic heterocycles. The van der Waals surface area contributed by atoms with Crippen molar-refractivity contribution < 1.29 is 35.3 Å². The molecule has 0 bridgehead atoms. The molecule has 0 unspecified atom stereocenters. The third-order valence-corrected chi connectivity index (χ3v) is 7.09. The first-order valence-electron chi connectivity index (χ1n) is 13.1. The van der Waals surface area contributed by atoms with Crippen LogP contribution in [-0.2, 0) is 27.9 Å². The molecule has 4 aromatic rings. The largest absolute Gasteiger partial charge is 0.485 e. The van der Waals surface area contributed by atoms with E-state index in [0.717, 1.165) is 39.6 Å². The molecule has 220 valence electrons. The molecule has 1 amide bonds. The third-order valence-electron chi connectivity index (χ3n) is 6.61.